The predicted molar refractivity (Wildman–Crippen MR) is 98.9 cm³/mol. The van der Waals surface area contributed by atoms with Crippen LogP contribution in [0.3, 0.4) is 0 Å². The number of hydrogen-bond donors (Lipinski definition) is 1. The van der Waals surface area contributed by atoms with Gasteiger partial charge in [0, 0.05) is 36.4 Å². The van der Waals surface area contributed by atoms with Gasteiger partial charge in [-0.3, -0.25) is 9.48 Å². The van der Waals surface area contributed by atoms with Crippen molar-refractivity contribution in [2.45, 2.75) is 6.04 Å². The number of hydrogen-bond acceptors (Lipinski definition) is 5. The Kier molecular flexibility index (Phi) is 5.39. The molecule has 0 radical (unpaired) electrons. The largest absolute Gasteiger partial charge is 0.350 e. The lowest BCUT2D eigenvalue weighted by Gasteiger charge is -2.25. The molecule has 3 aromatic rings. The molecule has 136 valence electrons. The van der Waals surface area contributed by atoms with Gasteiger partial charge in [-0.1, -0.05) is 28.9 Å². The van der Waals surface area contributed by atoms with Crippen molar-refractivity contribution in [1.82, 2.24) is 25.2 Å². The molecule has 0 unspecified atom stereocenters. The molecule has 0 aliphatic heterocycles. The summed E-state index contributed by atoms with van der Waals surface area (Å²) in [7, 11) is 5.72. The maximum Gasteiger partial charge on any atom is 0.289 e. The topological polar surface area (TPSA) is 76.2 Å². The summed E-state index contributed by atoms with van der Waals surface area (Å²) in [5, 5.41) is 11.6. The molecule has 0 aliphatic carbocycles. The molecule has 0 saturated heterocycles. The van der Waals surface area contributed by atoms with Crippen LogP contribution >= 0.6 is 11.6 Å². The maximum absolute atomic E-state index is 12.4. The van der Waals surface area contributed by atoms with Gasteiger partial charge in [-0.15, -0.1) is 0 Å². The van der Waals surface area contributed by atoms with Crippen LogP contribution in [0.4, 0.5) is 0 Å². The van der Waals surface area contributed by atoms with E-state index in [1.54, 1.807) is 23.1 Å². The van der Waals surface area contributed by atoms with Crippen molar-refractivity contribution in [1.29, 1.82) is 0 Å². The zero-order valence-electron chi connectivity index (χ0n) is 14.8. The normalized spacial score (nSPS) is 12.3. The number of nitrogens with zero attached hydrogens (tertiary/aromatic N) is 4. The Hall–Kier alpha value is -2.64. The summed E-state index contributed by atoms with van der Waals surface area (Å²) >= 11 is 6.08. The molecule has 26 heavy (non-hydrogen) atoms. The van der Waals surface area contributed by atoms with Crippen molar-refractivity contribution < 1.29 is 9.32 Å². The van der Waals surface area contributed by atoms with E-state index in [9.17, 15) is 4.79 Å². The Balaban J connectivity index is 1.68. The SMILES string of the molecule is CN(C)[C@@H](CNC(=O)c1cc(-c2cnn(C)c2)no1)c1cccc(Cl)c1. The van der Waals surface area contributed by atoms with Crippen LogP contribution in [0.15, 0.2) is 47.2 Å². The van der Waals surface area contributed by atoms with Gasteiger partial charge in [0.1, 0.15) is 5.69 Å². The number of nitrogens with one attached hydrogen (secondary N) is 1. The number of amides is 1. The summed E-state index contributed by atoms with van der Waals surface area (Å²) in [5.41, 5.74) is 2.39. The summed E-state index contributed by atoms with van der Waals surface area (Å²) in [6.45, 7) is 0.412. The molecule has 0 fully saturated rings. The lowest BCUT2D eigenvalue weighted by atomic mass is 10.1. The molecule has 0 bridgehead atoms. The van der Waals surface area contributed by atoms with E-state index in [1.807, 2.05) is 50.3 Å². The second kappa shape index (κ2) is 7.72. The van der Waals surface area contributed by atoms with E-state index in [4.69, 9.17) is 16.1 Å². The number of carbonyl (C=O) groups is 1. The third-order valence-electron chi connectivity index (χ3n) is 4.05. The minimum absolute atomic E-state index is 0.0154. The van der Waals surface area contributed by atoms with Crippen LogP contribution in [0.5, 0.6) is 0 Å². The van der Waals surface area contributed by atoms with Crippen molar-refractivity contribution in [2.24, 2.45) is 7.05 Å². The zero-order valence-corrected chi connectivity index (χ0v) is 15.6. The number of benzene rings is 1. The number of rotatable bonds is 6. The quantitative estimate of drug-likeness (QED) is 0.719. The molecular weight excluding hydrogens is 354 g/mol. The molecule has 2 heterocycles. The Morgan fingerprint density at radius 3 is 2.85 bits per heavy atom. The van der Waals surface area contributed by atoms with Gasteiger partial charge in [0.05, 0.1) is 12.2 Å². The third-order valence-corrected chi connectivity index (χ3v) is 4.28. The molecule has 1 aromatic carbocycles. The Bertz CT molecular complexity index is 902. The molecule has 0 saturated carbocycles. The fourth-order valence-corrected chi connectivity index (χ4v) is 2.86. The van der Waals surface area contributed by atoms with Gasteiger partial charge in [0.2, 0.25) is 5.76 Å². The minimum atomic E-state index is -0.318. The van der Waals surface area contributed by atoms with Gasteiger partial charge in [-0.25, -0.2) is 0 Å². The van der Waals surface area contributed by atoms with Crippen LogP contribution in [-0.2, 0) is 7.05 Å². The number of halogens is 1. The monoisotopic (exact) mass is 373 g/mol. The molecule has 2 aromatic heterocycles. The van der Waals surface area contributed by atoms with E-state index in [0.717, 1.165) is 11.1 Å². The molecule has 8 heteroatoms. The standard InChI is InChI=1S/C18H20ClN5O2/c1-23(2)16(12-5-4-6-14(19)7-12)10-20-18(25)17-8-15(22-26-17)13-9-21-24(3)11-13/h4-9,11,16H,10H2,1-3H3,(H,20,25)/t16-/m0/s1. The van der Waals surface area contributed by atoms with Crippen molar-refractivity contribution >= 4 is 17.5 Å². The first kappa shape index (κ1) is 18.2. The highest BCUT2D eigenvalue weighted by atomic mass is 35.5. The Morgan fingerprint density at radius 2 is 2.19 bits per heavy atom. The Morgan fingerprint density at radius 1 is 1.38 bits per heavy atom. The van der Waals surface area contributed by atoms with Gasteiger partial charge >= 0.3 is 0 Å². The number of carbonyl (C=O) groups excluding carboxylic acids is 1. The average molecular weight is 374 g/mol. The zero-order chi connectivity index (χ0) is 18.7. The highest BCUT2D eigenvalue weighted by Crippen LogP contribution is 2.22. The van der Waals surface area contributed by atoms with Crippen molar-refractivity contribution in [3.63, 3.8) is 0 Å². The molecule has 0 aliphatic rings. The first-order valence-corrected chi connectivity index (χ1v) is 8.47. The van der Waals surface area contributed by atoms with Crippen molar-refractivity contribution in [2.75, 3.05) is 20.6 Å². The van der Waals surface area contributed by atoms with E-state index in [2.05, 4.69) is 15.6 Å². The number of aryl methyl sites for hydroxylation is 1. The fourth-order valence-electron chi connectivity index (χ4n) is 2.66. The summed E-state index contributed by atoms with van der Waals surface area (Å²) in [4.78, 5) is 14.4. The Labute approximate surface area is 156 Å². The third kappa shape index (κ3) is 4.12. The van der Waals surface area contributed by atoms with Crippen LogP contribution in [0.25, 0.3) is 11.3 Å². The molecule has 7 nitrogen and oxygen atoms in total. The highest BCUT2D eigenvalue weighted by Gasteiger charge is 2.19. The van der Waals surface area contributed by atoms with Crippen LogP contribution in [0.1, 0.15) is 22.2 Å². The summed E-state index contributed by atoms with van der Waals surface area (Å²) < 4.78 is 6.84. The number of aromatic nitrogens is 3. The van der Waals surface area contributed by atoms with E-state index in [0.29, 0.717) is 17.3 Å². The van der Waals surface area contributed by atoms with Gasteiger partial charge in [-0.2, -0.15) is 5.10 Å². The second-order valence-corrected chi connectivity index (χ2v) is 6.66. The molecule has 1 amide bonds. The molecule has 3 rings (SSSR count). The first-order chi connectivity index (χ1) is 12.4. The second-order valence-electron chi connectivity index (χ2n) is 6.22. The maximum atomic E-state index is 12.4. The first-order valence-electron chi connectivity index (χ1n) is 8.10. The smallest absolute Gasteiger partial charge is 0.289 e. The average Bonchev–Trinajstić information content (AvgIpc) is 3.23. The van der Waals surface area contributed by atoms with Gasteiger partial charge < -0.3 is 14.7 Å². The van der Waals surface area contributed by atoms with E-state index >= 15 is 0 Å². The fraction of sp³-hybridized carbons (Fsp3) is 0.278. The van der Waals surface area contributed by atoms with Gasteiger partial charge in [0.15, 0.2) is 0 Å². The molecular formula is C18H20ClN5O2. The summed E-state index contributed by atoms with van der Waals surface area (Å²) in [5.74, 6) is -0.158. The lowest BCUT2D eigenvalue weighted by Crippen LogP contribution is -2.34. The van der Waals surface area contributed by atoms with Crippen LogP contribution in [-0.4, -0.2) is 46.4 Å². The van der Waals surface area contributed by atoms with Crippen molar-refractivity contribution in [3.05, 3.63) is 59.1 Å². The van der Waals surface area contributed by atoms with E-state index in [-0.39, 0.29) is 17.7 Å². The van der Waals surface area contributed by atoms with Crippen LogP contribution in [0.2, 0.25) is 5.02 Å². The number of likely N-dealkylation sites (N-methyl/N-ethyl adjacent to an activating group) is 1. The van der Waals surface area contributed by atoms with E-state index < -0.39 is 0 Å². The van der Waals surface area contributed by atoms with Gasteiger partial charge in [-0.05, 0) is 31.8 Å². The summed E-state index contributed by atoms with van der Waals surface area (Å²) in [6.07, 6.45) is 3.47. The lowest BCUT2D eigenvalue weighted by molar-refractivity contribution is 0.0905. The van der Waals surface area contributed by atoms with Gasteiger partial charge in [0.25, 0.3) is 5.91 Å². The highest BCUT2D eigenvalue weighted by molar-refractivity contribution is 6.30. The summed E-state index contributed by atoms with van der Waals surface area (Å²) in [6, 6.07) is 9.19. The predicted octanol–water partition coefficient (Wildman–Crippen LogP) is 2.76. The minimum Gasteiger partial charge on any atom is -0.350 e. The van der Waals surface area contributed by atoms with Crippen LogP contribution in [0, 0.1) is 0 Å². The molecule has 0 spiro atoms. The van der Waals surface area contributed by atoms with Crippen molar-refractivity contribution in [3.8, 4) is 11.3 Å². The molecule has 1 atom stereocenters. The molecule has 1 N–H and O–H groups in total. The van der Waals surface area contributed by atoms with Crippen LogP contribution < -0.4 is 5.32 Å². The van der Waals surface area contributed by atoms with E-state index in [1.165, 1.54) is 0 Å².